The molecule has 1 spiro atoms. The third kappa shape index (κ3) is 3.41. The molecule has 0 unspecified atom stereocenters. The van der Waals surface area contributed by atoms with Gasteiger partial charge in [0.25, 0.3) is 5.91 Å². The zero-order chi connectivity index (χ0) is 18.3. The Morgan fingerprint density at radius 1 is 1.35 bits per heavy atom. The fraction of sp³-hybridized carbons (Fsp3) is 0.700. The zero-order valence-corrected chi connectivity index (χ0v) is 16.4. The standard InChI is InChI=1S/C20H28N2O3S/c1-13-6-10-26-17(13)19(24)22-9-8-20(14(2)12-22)7-5-16(25-20)18(23)21-11-15-3-4-15/h6,10,14-16H,3-5,7-9,11-12H2,1-2H3,(H,21,23)/t14-,16-,20+/m0/s1. The number of hydrogen-bond donors (Lipinski definition) is 1. The van der Waals surface area contributed by atoms with Crippen molar-refractivity contribution in [2.75, 3.05) is 19.6 Å². The van der Waals surface area contributed by atoms with Crippen molar-refractivity contribution >= 4 is 23.2 Å². The largest absolute Gasteiger partial charge is 0.362 e. The van der Waals surface area contributed by atoms with E-state index in [1.165, 1.54) is 24.2 Å². The first-order valence-corrected chi connectivity index (χ1v) is 10.7. The van der Waals surface area contributed by atoms with Crippen molar-refractivity contribution in [2.24, 2.45) is 11.8 Å². The number of hydrogen-bond acceptors (Lipinski definition) is 4. The Hall–Kier alpha value is -1.40. The van der Waals surface area contributed by atoms with Crippen LogP contribution >= 0.6 is 11.3 Å². The lowest BCUT2D eigenvalue weighted by atomic mass is 9.80. The van der Waals surface area contributed by atoms with E-state index in [0.29, 0.717) is 19.0 Å². The highest BCUT2D eigenvalue weighted by molar-refractivity contribution is 7.12. The molecule has 3 aliphatic rings. The number of thiophene rings is 1. The van der Waals surface area contributed by atoms with Crippen LogP contribution in [0.25, 0.3) is 0 Å². The van der Waals surface area contributed by atoms with E-state index >= 15 is 0 Å². The highest BCUT2D eigenvalue weighted by Crippen LogP contribution is 2.43. The maximum absolute atomic E-state index is 12.8. The summed E-state index contributed by atoms with van der Waals surface area (Å²) in [7, 11) is 0. The average Bonchev–Trinajstić information content (AvgIpc) is 3.21. The molecule has 6 heteroatoms. The molecule has 1 N–H and O–H groups in total. The summed E-state index contributed by atoms with van der Waals surface area (Å²) in [5.41, 5.74) is 0.806. The SMILES string of the molecule is Cc1ccsc1C(=O)N1CC[C@]2(CC[C@@H](C(=O)NCC3CC3)O2)[C@@H](C)C1. The van der Waals surface area contributed by atoms with Crippen LogP contribution in [0.15, 0.2) is 11.4 Å². The van der Waals surface area contributed by atoms with Crippen LogP contribution in [0.4, 0.5) is 0 Å². The second-order valence-corrected chi connectivity index (χ2v) is 9.15. The first kappa shape index (κ1) is 18.0. The zero-order valence-electron chi connectivity index (χ0n) is 15.6. The molecule has 4 rings (SSSR count). The summed E-state index contributed by atoms with van der Waals surface area (Å²) in [6, 6.07) is 2.00. The van der Waals surface area contributed by atoms with Gasteiger partial charge in [-0.15, -0.1) is 11.3 Å². The monoisotopic (exact) mass is 376 g/mol. The molecule has 3 atom stereocenters. The van der Waals surface area contributed by atoms with E-state index in [0.717, 1.165) is 36.2 Å². The van der Waals surface area contributed by atoms with Gasteiger partial charge < -0.3 is 15.0 Å². The van der Waals surface area contributed by atoms with Gasteiger partial charge in [0.2, 0.25) is 5.91 Å². The predicted molar refractivity (Wildman–Crippen MR) is 101 cm³/mol. The quantitative estimate of drug-likeness (QED) is 0.879. The fourth-order valence-electron chi connectivity index (χ4n) is 4.27. The molecule has 1 aromatic heterocycles. The van der Waals surface area contributed by atoms with E-state index in [-0.39, 0.29) is 29.4 Å². The lowest BCUT2D eigenvalue weighted by molar-refractivity contribution is -0.146. The van der Waals surface area contributed by atoms with Gasteiger partial charge in [0, 0.05) is 25.6 Å². The van der Waals surface area contributed by atoms with Gasteiger partial charge in [-0.3, -0.25) is 9.59 Å². The van der Waals surface area contributed by atoms with Crippen LogP contribution < -0.4 is 5.32 Å². The van der Waals surface area contributed by atoms with Crippen molar-refractivity contribution < 1.29 is 14.3 Å². The molecule has 1 aromatic rings. The predicted octanol–water partition coefficient (Wildman–Crippen LogP) is 2.98. The minimum atomic E-state index is -0.321. The maximum atomic E-state index is 12.8. The summed E-state index contributed by atoms with van der Waals surface area (Å²) in [6.45, 7) is 6.35. The Morgan fingerprint density at radius 3 is 2.81 bits per heavy atom. The molecule has 0 aromatic carbocycles. The van der Waals surface area contributed by atoms with Gasteiger partial charge >= 0.3 is 0 Å². The highest BCUT2D eigenvalue weighted by atomic mass is 32.1. The maximum Gasteiger partial charge on any atom is 0.264 e. The van der Waals surface area contributed by atoms with Crippen LogP contribution in [0.1, 0.15) is 54.3 Å². The van der Waals surface area contributed by atoms with Gasteiger partial charge in [-0.2, -0.15) is 0 Å². The van der Waals surface area contributed by atoms with Gasteiger partial charge in [0.15, 0.2) is 0 Å². The number of aryl methyl sites for hydroxylation is 1. The number of nitrogens with zero attached hydrogens (tertiary/aromatic N) is 1. The van der Waals surface area contributed by atoms with Crippen molar-refractivity contribution in [3.8, 4) is 0 Å². The molecule has 5 nitrogen and oxygen atoms in total. The number of rotatable bonds is 4. The Kier molecular flexibility index (Phi) is 4.82. The first-order valence-electron chi connectivity index (χ1n) is 9.77. The van der Waals surface area contributed by atoms with Crippen molar-refractivity contribution in [1.82, 2.24) is 10.2 Å². The normalized spacial score (nSPS) is 31.4. The summed E-state index contributed by atoms with van der Waals surface area (Å²) in [6.07, 6.45) is 4.67. The van der Waals surface area contributed by atoms with Crippen LogP contribution in [-0.2, 0) is 9.53 Å². The third-order valence-electron chi connectivity index (χ3n) is 6.30. The van der Waals surface area contributed by atoms with Gasteiger partial charge in [0.05, 0.1) is 10.5 Å². The van der Waals surface area contributed by atoms with E-state index < -0.39 is 0 Å². The molecule has 3 heterocycles. The molecule has 2 aliphatic heterocycles. The Bertz CT molecular complexity index is 699. The summed E-state index contributed by atoms with van der Waals surface area (Å²) in [4.78, 5) is 28.0. The third-order valence-corrected chi connectivity index (χ3v) is 7.31. The number of carbonyl (C=O) groups excluding carboxylic acids is 2. The van der Waals surface area contributed by atoms with Gasteiger partial charge in [-0.05, 0) is 62.0 Å². The Morgan fingerprint density at radius 2 is 2.15 bits per heavy atom. The number of carbonyl (C=O) groups is 2. The molecule has 1 saturated carbocycles. The van der Waals surface area contributed by atoms with E-state index in [1.54, 1.807) is 0 Å². The van der Waals surface area contributed by atoms with Crippen LogP contribution in [0.5, 0.6) is 0 Å². The van der Waals surface area contributed by atoms with Crippen LogP contribution in [0.2, 0.25) is 0 Å². The minimum Gasteiger partial charge on any atom is -0.362 e. The van der Waals surface area contributed by atoms with Gasteiger partial charge in [-0.25, -0.2) is 0 Å². The molecule has 0 radical (unpaired) electrons. The number of piperidine rings is 1. The van der Waals surface area contributed by atoms with Crippen molar-refractivity contribution in [1.29, 1.82) is 0 Å². The van der Waals surface area contributed by atoms with E-state index in [9.17, 15) is 9.59 Å². The molecule has 2 amide bonds. The van der Waals surface area contributed by atoms with Gasteiger partial charge in [0.1, 0.15) is 6.10 Å². The molecule has 26 heavy (non-hydrogen) atoms. The minimum absolute atomic E-state index is 0.0497. The Balaban J connectivity index is 1.35. The molecule has 0 bridgehead atoms. The van der Waals surface area contributed by atoms with E-state index in [2.05, 4.69) is 12.2 Å². The van der Waals surface area contributed by atoms with Crippen molar-refractivity contribution in [3.05, 3.63) is 21.9 Å². The second-order valence-electron chi connectivity index (χ2n) is 8.23. The molecular weight excluding hydrogens is 348 g/mol. The number of likely N-dealkylation sites (tertiary alicyclic amines) is 1. The first-order chi connectivity index (χ1) is 12.5. The fourth-order valence-corrected chi connectivity index (χ4v) is 5.16. The average molecular weight is 377 g/mol. The second kappa shape index (κ2) is 6.97. The summed E-state index contributed by atoms with van der Waals surface area (Å²) < 4.78 is 6.31. The van der Waals surface area contributed by atoms with Crippen LogP contribution in [-0.4, -0.2) is 48.1 Å². The summed E-state index contributed by atoms with van der Waals surface area (Å²) in [5, 5.41) is 5.02. The smallest absolute Gasteiger partial charge is 0.264 e. The van der Waals surface area contributed by atoms with Gasteiger partial charge in [-0.1, -0.05) is 6.92 Å². The lowest BCUT2D eigenvalue weighted by Crippen LogP contribution is -2.53. The lowest BCUT2D eigenvalue weighted by Gasteiger charge is -2.44. The molecule has 3 fully saturated rings. The van der Waals surface area contributed by atoms with Crippen molar-refractivity contribution in [2.45, 2.75) is 57.7 Å². The topological polar surface area (TPSA) is 58.6 Å². The molecule has 142 valence electrons. The van der Waals surface area contributed by atoms with Crippen LogP contribution in [0.3, 0.4) is 0 Å². The number of amides is 2. The van der Waals surface area contributed by atoms with Crippen molar-refractivity contribution in [3.63, 3.8) is 0 Å². The van der Waals surface area contributed by atoms with E-state index in [1.807, 2.05) is 23.3 Å². The van der Waals surface area contributed by atoms with Crippen LogP contribution in [0, 0.1) is 18.8 Å². The molecular formula is C20H28N2O3S. The number of ether oxygens (including phenoxy) is 1. The summed E-state index contributed by atoms with van der Waals surface area (Å²) >= 11 is 1.52. The molecule has 2 saturated heterocycles. The van der Waals surface area contributed by atoms with E-state index in [4.69, 9.17) is 4.74 Å². The Labute approximate surface area is 159 Å². The summed E-state index contributed by atoms with van der Waals surface area (Å²) in [5.74, 6) is 1.11. The molecule has 1 aliphatic carbocycles. The highest BCUT2D eigenvalue weighted by Gasteiger charge is 2.49. The number of nitrogens with one attached hydrogen (secondary N) is 1.